The Morgan fingerprint density at radius 3 is 1.30 bits per heavy atom. The Bertz CT molecular complexity index is 185. The van der Waals surface area contributed by atoms with Crippen molar-refractivity contribution in [2.24, 2.45) is 0 Å². The quantitative estimate of drug-likeness (QED) is 0.425. The van der Waals surface area contributed by atoms with E-state index >= 15 is 0 Å². The van der Waals surface area contributed by atoms with Gasteiger partial charge in [-0.2, -0.15) is 0 Å². The van der Waals surface area contributed by atoms with Crippen LogP contribution in [0.5, 0.6) is 0 Å². The molecule has 6 heteroatoms. The van der Waals surface area contributed by atoms with Gasteiger partial charge in [0.15, 0.2) is 0 Å². The normalized spacial score (nSPS) is 12.2. The highest BCUT2D eigenvalue weighted by Crippen LogP contribution is 2.02. The third-order valence-corrected chi connectivity index (χ3v) is 1.07. The first-order chi connectivity index (χ1) is 4.46. The lowest BCUT2D eigenvalue weighted by atomic mass is 10.4. The fourth-order valence-corrected chi connectivity index (χ4v) is 0.264. The van der Waals surface area contributed by atoms with Gasteiger partial charge in [0, 0.05) is 13.8 Å². The summed E-state index contributed by atoms with van der Waals surface area (Å²) in [5.74, 6) is 0. The minimum absolute atomic E-state index is 0.426. The summed E-state index contributed by atoms with van der Waals surface area (Å²) in [6.45, 7) is 2.19. The van der Waals surface area contributed by atoms with Gasteiger partial charge >= 0.3 is 11.4 Å². The summed E-state index contributed by atoms with van der Waals surface area (Å²) in [5, 5.41) is 19.8. The smallest absolute Gasteiger partial charge is 0.258 e. The van der Waals surface area contributed by atoms with Gasteiger partial charge in [0.2, 0.25) is 0 Å². The Morgan fingerprint density at radius 1 is 1.00 bits per heavy atom. The standard InChI is InChI=1S/C4H6N2O4/c1-3(5(7)8)4(2)6(9)10/h1-2H3. The predicted octanol–water partition coefficient (Wildman–Crippen LogP) is 0.791. The van der Waals surface area contributed by atoms with Crippen LogP contribution in [-0.2, 0) is 0 Å². The van der Waals surface area contributed by atoms with Crippen molar-refractivity contribution in [3.8, 4) is 0 Å². The minimum Gasteiger partial charge on any atom is -0.258 e. The molecule has 0 atom stereocenters. The van der Waals surface area contributed by atoms with E-state index in [1.807, 2.05) is 0 Å². The van der Waals surface area contributed by atoms with Crippen LogP contribution in [0.3, 0.4) is 0 Å². The Labute approximate surface area is 56.5 Å². The molecule has 10 heavy (non-hydrogen) atoms. The van der Waals surface area contributed by atoms with Crippen LogP contribution in [0.25, 0.3) is 0 Å². The lowest BCUT2D eigenvalue weighted by molar-refractivity contribution is -0.470. The van der Waals surface area contributed by atoms with Crippen LogP contribution in [0.2, 0.25) is 0 Å². The van der Waals surface area contributed by atoms with Crippen molar-refractivity contribution < 1.29 is 9.85 Å². The van der Waals surface area contributed by atoms with Crippen LogP contribution in [0.15, 0.2) is 11.4 Å². The van der Waals surface area contributed by atoms with E-state index in [-0.39, 0.29) is 0 Å². The molecule has 56 valence electrons. The van der Waals surface area contributed by atoms with Gasteiger partial charge in [-0.3, -0.25) is 20.2 Å². The summed E-state index contributed by atoms with van der Waals surface area (Å²) in [6.07, 6.45) is 0. The minimum atomic E-state index is -0.780. The lowest BCUT2D eigenvalue weighted by Gasteiger charge is -1.88. The van der Waals surface area contributed by atoms with Gasteiger partial charge in [-0.05, 0) is 0 Å². The Morgan fingerprint density at radius 2 is 1.20 bits per heavy atom. The van der Waals surface area contributed by atoms with Gasteiger partial charge in [-0.1, -0.05) is 0 Å². The van der Waals surface area contributed by atoms with Crippen molar-refractivity contribution in [1.82, 2.24) is 0 Å². The number of nitro groups is 2. The van der Waals surface area contributed by atoms with E-state index in [9.17, 15) is 20.2 Å². The largest absolute Gasteiger partial charge is 0.314 e. The lowest BCUT2D eigenvalue weighted by Crippen LogP contribution is -2.04. The van der Waals surface area contributed by atoms with Crippen LogP contribution in [0.1, 0.15) is 13.8 Å². The fraction of sp³-hybridized carbons (Fsp3) is 0.500. The van der Waals surface area contributed by atoms with Crippen LogP contribution >= 0.6 is 0 Å². The van der Waals surface area contributed by atoms with E-state index in [4.69, 9.17) is 0 Å². The molecule has 0 spiro atoms. The molecule has 0 fully saturated rings. The molecule has 0 aliphatic carbocycles. The van der Waals surface area contributed by atoms with E-state index in [2.05, 4.69) is 0 Å². The predicted molar refractivity (Wildman–Crippen MR) is 32.4 cm³/mol. The zero-order chi connectivity index (χ0) is 8.31. The van der Waals surface area contributed by atoms with Gasteiger partial charge in [0.1, 0.15) is 0 Å². The SMILES string of the molecule is CC(=C(C)[N+](=O)[O-])[N+](=O)[O-]. The molecule has 0 aliphatic rings. The molecule has 0 aromatic heterocycles. The number of hydrogen-bond donors (Lipinski definition) is 0. The zero-order valence-corrected chi connectivity index (χ0v) is 5.53. The third kappa shape index (κ3) is 1.81. The highest BCUT2D eigenvalue weighted by molar-refractivity contribution is 4.91. The molecule has 0 heterocycles. The number of nitrogens with zero attached hydrogens (tertiary/aromatic N) is 2. The van der Waals surface area contributed by atoms with Gasteiger partial charge < -0.3 is 0 Å². The van der Waals surface area contributed by atoms with Gasteiger partial charge in [-0.25, -0.2) is 0 Å². The monoisotopic (exact) mass is 146 g/mol. The van der Waals surface area contributed by atoms with E-state index in [0.717, 1.165) is 13.8 Å². The van der Waals surface area contributed by atoms with Crippen LogP contribution in [0, 0.1) is 20.2 Å². The third-order valence-electron chi connectivity index (χ3n) is 1.07. The summed E-state index contributed by atoms with van der Waals surface area (Å²) >= 11 is 0. The molecule has 0 bridgehead atoms. The van der Waals surface area contributed by atoms with E-state index in [0.29, 0.717) is 0 Å². The van der Waals surface area contributed by atoms with E-state index in [1.165, 1.54) is 0 Å². The molecular formula is C4H6N2O4. The first-order valence-corrected chi connectivity index (χ1v) is 2.43. The summed E-state index contributed by atoms with van der Waals surface area (Å²) in [4.78, 5) is 18.2. The highest BCUT2D eigenvalue weighted by Gasteiger charge is 2.17. The van der Waals surface area contributed by atoms with Gasteiger partial charge in [-0.15, -0.1) is 0 Å². The molecule has 0 amide bonds. The van der Waals surface area contributed by atoms with Crippen molar-refractivity contribution in [2.45, 2.75) is 13.8 Å². The Hall–Kier alpha value is -1.46. The van der Waals surface area contributed by atoms with Gasteiger partial charge in [0.25, 0.3) is 0 Å². The molecule has 6 nitrogen and oxygen atoms in total. The molecule has 0 aromatic rings. The van der Waals surface area contributed by atoms with Crippen molar-refractivity contribution in [3.05, 3.63) is 31.6 Å². The summed E-state index contributed by atoms with van der Waals surface area (Å²) in [5.41, 5.74) is -0.852. The maximum absolute atomic E-state index is 9.89. The number of allylic oxidation sites excluding steroid dienone is 2. The second-order valence-corrected chi connectivity index (χ2v) is 1.69. The summed E-state index contributed by atoms with van der Waals surface area (Å²) < 4.78 is 0. The topological polar surface area (TPSA) is 86.3 Å². The first-order valence-electron chi connectivity index (χ1n) is 2.43. The second kappa shape index (κ2) is 2.90. The number of hydrogen-bond acceptors (Lipinski definition) is 4. The van der Waals surface area contributed by atoms with Gasteiger partial charge in [0.05, 0.1) is 9.85 Å². The average molecular weight is 146 g/mol. The molecule has 0 aliphatic heterocycles. The molecule has 0 aromatic carbocycles. The molecule has 0 saturated heterocycles. The van der Waals surface area contributed by atoms with E-state index in [1.54, 1.807) is 0 Å². The van der Waals surface area contributed by atoms with Crippen LogP contribution < -0.4 is 0 Å². The van der Waals surface area contributed by atoms with Crippen molar-refractivity contribution >= 4 is 0 Å². The number of rotatable bonds is 2. The van der Waals surface area contributed by atoms with E-state index < -0.39 is 21.2 Å². The second-order valence-electron chi connectivity index (χ2n) is 1.69. The molecule has 0 unspecified atom stereocenters. The first kappa shape index (κ1) is 8.54. The van der Waals surface area contributed by atoms with Crippen molar-refractivity contribution in [3.63, 3.8) is 0 Å². The molecule has 0 rings (SSSR count). The van der Waals surface area contributed by atoms with Crippen LogP contribution in [-0.4, -0.2) is 9.85 Å². The maximum atomic E-state index is 9.89. The Kier molecular flexibility index (Phi) is 2.48. The van der Waals surface area contributed by atoms with Crippen molar-refractivity contribution in [2.75, 3.05) is 0 Å². The Balaban J connectivity index is 4.67. The average Bonchev–Trinajstić information content (AvgIpc) is 1.84. The molecule has 0 radical (unpaired) electrons. The van der Waals surface area contributed by atoms with Crippen LogP contribution in [0.4, 0.5) is 0 Å². The molecule has 0 saturated carbocycles. The van der Waals surface area contributed by atoms with Crippen molar-refractivity contribution in [1.29, 1.82) is 0 Å². The fourth-order valence-electron chi connectivity index (χ4n) is 0.264. The maximum Gasteiger partial charge on any atom is 0.314 e. The summed E-state index contributed by atoms with van der Waals surface area (Å²) in [6, 6.07) is 0. The molecule has 0 N–H and O–H groups in total. The highest BCUT2D eigenvalue weighted by atomic mass is 16.6. The summed E-state index contributed by atoms with van der Waals surface area (Å²) in [7, 11) is 0. The molecular weight excluding hydrogens is 140 g/mol. The zero-order valence-electron chi connectivity index (χ0n) is 5.53.